The molecule has 0 bridgehead atoms. The monoisotopic (exact) mass is 272 g/mol. The molecule has 0 amide bonds. The van der Waals surface area contributed by atoms with Crippen LogP contribution in [-0.4, -0.2) is 0 Å². The van der Waals surface area contributed by atoms with E-state index in [-0.39, 0.29) is 0 Å². The van der Waals surface area contributed by atoms with E-state index < -0.39 is 11.7 Å². The third-order valence-corrected chi connectivity index (χ3v) is 3.29. The lowest BCUT2D eigenvalue weighted by molar-refractivity contribution is -0.137. The summed E-state index contributed by atoms with van der Waals surface area (Å²) >= 11 is 0. The Morgan fingerprint density at radius 2 is 1.40 bits per heavy atom. The van der Waals surface area contributed by atoms with Gasteiger partial charge in [-0.3, -0.25) is 0 Å². The summed E-state index contributed by atoms with van der Waals surface area (Å²) in [6, 6.07) is 18.8. The minimum absolute atomic E-state index is 0.580. The third kappa shape index (κ3) is 2.27. The number of hydrogen-bond acceptors (Lipinski definition) is 0. The molecule has 3 rings (SSSR count). The molecular formula is C17H11F3. The van der Waals surface area contributed by atoms with Crippen LogP contribution in [0.5, 0.6) is 0 Å². The van der Waals surface area contributed by atoms with Crippen molar-refractivity contribution >= 4 is 10.8 Å². The minimum Gasteiger partial charge on any atom is -0.166 e. The molecule has 0 aliphatic heterocycles. The second kappa shape index (κ2) is 4.67. The predicted octanol–water partition coefficient (Wildman–Crippen LogP) is 5.53. The summed E-state index contributed by atoms with van der Waals surface area (Å²) < 4.78 is 38.4. The standard InChI is InChI=1S/C17H11F3/c18-17(19,20)14-8-3-7-13(11-14)16-10-4-6-12-5-1-2-9-15(12)16/h1-11H. The van der Waals surface area contributed by atoms with E-state index in [4.69, 9.17) is 0 Å². The maximum atomic E-state index is 12.8. The second-order valence-electron chi connectivity index (χ2n) is 4.61. The highest BCUT2D eigenvalue weighted by Crippen LogP contribution is 2.34. The first-order chi connectivity index (χ1) is 9.55. The van der Waals surface area contributed by atoms with Gasteiger partial charge in [0, 0.05) is 0 Å². The van der Waals surface area contributed by atoms with Gasteiger partial charge in [0.25, 0.3) is 0 Å². The van der Waals surface area contributed by atoms with Crippen molar-refractivity contribution in [2.24, 2.45) is 0 Å². The summed E-state index contributed by atoms with van der Waals surface area (Å²) in [6.07, 6.45) is -4.32. The lowest BCUT2D eigenvalue weighted by Gasteiger charge is -2.10. The molecule has 100 valence electrons. The molecule has 0 aliphatic carbocycles. The molecule has 0 saturated heterocycles. The van der Waals surface area contributed by atoms with Gasteiger partial charge in [0.1, 0.15) is 0 Å². The quantitative estimate of drug-likeness (QED) is 0.546. The van der Waals surface area contributed by atoms with E-state index in [9.17, 15) is 13.2 Å². The Balaban J connectivity index is 2.21. The zero-order valence-electron chi connectivity index (χ0n) is 10.5. The number of alkyl halides is 3. The lowest BCUT2D eigenvalue weighted by atomic mass is 9.97. The van der Waals surface area contributed by atoms with Crippen LogP contribution in [0.15, 0.2) is 66.7 Å². The zero-order valence-corrected chi connectivity index (χ0v) is 10.5. The Hall–Kier alpha value is -2.29. The molecule has 0 N–H and O–H groups in total. The Bertz CT molecular complexity index is 752. The van der Waals surface area contributed by atoms with Crippen LogP contribution in [0.4, 0.5) is 13.2 Å². The zero-order chi connectivity index (χ0) is 14.2. The van der Waals surface area contributed by atoms with E-state index in [1.807, 2.05) is 42.5 Å². The van der Waals surface area contributed by atoms with Crippen molar-refractivity contribution in [3.63, 3.8) is 0 Å². The van der Waals surface area contributed by atoms with Crippen LogP contribution in [0.3, 0.4) is 0 Å². The number of rotatable bonds is 1. The minimum atomic E-state index is -4.32. The van der Waals surface area contributed by atoms with Gasteiger partial charge in [0.15, 0.2) is 0 Å². The Morgan fingerprint density at radius 3 is 2.20 bits per heavy atom. The van der Waals surface area contributed by atoms with Crippen molar-refractivity contribution in [3.05, 3.63) is 72.3 Å². The molecule has 3 aromatic rings. The molecule has 0 heterocycles. The highest BCUT2D eigenvalue weighted by Gasteiger charge is 2.30. The number of hydrogen-bond donors (Lipinski definition) is 0. The summed E-state index contributed by atoms with van der Waals surface area (Å²) in [5.41, 5.74) is 0.772. The van der Waals surface area contributed by atoms with E-state index >= 15 is 0 Å². The smallest absolute Gasteiger partial charge is 0.166 e. The second-order valence-corrected chi connectivity index (χ2v) is 4.61. The molecule has 0 saturated carbocycles. The molecule has 0 atom stereocenters. The molecule has 0 unspecified atom stereocenters. The molecular weight excluding hydrogens is 261 g/mol. The van der Waals surface area contributed by atoms with Crippen molar-refractivity contribution < 1.29 is 13.2 Å². The van der Waals surface area contributed by atoms with Gasteiger partial charge >= 0.3 is 6.18 Å². The Morgan fingerprint density at radius 1 is 0.700 bits per heavy atom. The van der Waals surface area contributed by atoms with Crippen LogP contribution in [0.2, 0.25) is 0 Å². The van der Waals surface area contributed by atoms with E-state index in [0.717, 1.165) is 22.4 Å². The third-order valence-electron chi connectivity index (χ3n) is 3.29. The van der Waals surface area contributed by atoms with Gasteiger partial charge in [-0.2, -0.15) is 13.2 Å². The summed E-state index contributed by atoms with van der Waals surface area (Å²) in [4.78, 5) is 0. The van der Waals surface area contributed by atoms with Crippen LogP contribution in [0, 0.1) is 0 Å². The van der Waals surface area contributed by atoms with Crippen molar-refractivity contribution in [1.82, 2.24) is 0 Å². The first kappa shape index (κ1) is 12.7. The van der Waals surface area contributed by atoms with Gasteiger partial charge in [-0.25, -0.2) is 0 Å². The van der Waals surface area contributed by atoms with Crippen molar-refractivity contribution in [3.8, 4) is 11.1 Å². The maximum absolute atomic E-state index is 12.8. The van der Waals surface area contributed by atoms with Crippen molar-refractivity contribution in [2.45, 2.75) is 6.18 Å². The number of halogens is 3. The largest absolute Gasteiger partial charge is 0.416 e. The fourth-order valence-electron chi connectivity index (χ4n) is 2.34. The van der Waals surface area contributed by atoms with Crippen LogP contribution in [0.25, 0.3) is 21.9 Å². The van der Waals surface area contributed by atoms with Crippen molar-refractivity contribution in [2.75, 3.05) is 0 Å². The van der Waals surface area contributed by atoms with E-state index in [2.05, 4.69) is 0 Å². The molecule has 3 heteroatoms. The summed E-state index contributed by atoms with van der Waals surface area (Å²) in [5.74, 6) is 0. The van der Waals surface area contributed by atoms with Crippen LogP contribution in [-0.2, 0) is 6.18 Å². The van der Waals surface area contributed by atoms with Gasteiger partial charge in [0.2, 0.25) is 0 Å². The number of fused-ring (bicyclic) bond motifs is 1. The van der Waals surface area contributed by atoms with Crippen molar-refractivity contribution in [1.29, 1.82) is 0 Å². The van der Waals surface area contributed by atoms with Gasteiger partial charge < -0.3 is 0 Å². The fraction of sp³-hybridized carbons (Fsp3) is 0.0588. The summed E-state index contributed by atoms with van der Waals surface area (Å²) in [7, 11) is 0. The molecule has 3 aromatic carbocycles. The molecule has 0 nitrogen and oxygen atoms in total. The number of benzene rings is 3. The average Bonchev–Trinajstić information content (AvgIpc) is 2.46. The summed E-state index contributed by atoms with van der Waals surface area (Å²) in [5, 5.41) is 1.97. The summed E-state index contributed by atoms with van der Waals surface area (Å²) in [6.45, 7) is 0. The normalized spacial score (nSPS) is 11.8. The van der Waals surface area contributed by atoms with Crippen LogP contribution < -0.4 is 0 Å². The fourth-order valence-corrected chi connectivity index (χ4v) is 2.34. The molecule has 0 aromatic heterocycles. The van der Waals surface area contributed by atoms with Gasteiger partial charge in [-0.1, -0.05) is 54.6 Å². The maximum Gasteiger partial charge on any atom is 0.416 e. The van der Waals surface area contributed by atoms with E-state index in [0.29, 0.717) is 5.56 Å². The molecule has 0 aliphatic rings. The van der Waals surface area contributed by atoms with E-state index in [1.165, 1.54) is 12.1 Å². The average molecular weight is 272 g/mol. The van der Waals surface area contributed by atoms with Crippen LogP contribution in [0.1, 0.15) is 5.56 Å². The highest BCUT2D eigenvalue weighted by atomic mass is 19.4. The van der Waals surface area contributed by atoms with Gasteiger partial charge in [-0.05, 0) is 34.0 Å². The molecule has 0 radical (unpaired) electrons. The van der Waals surface area contributed by atoms with Crippen LogP contribution >= 0.6 is 0 Å². The SMILES string of the molecule is FC(F)(F)c1cccc(-c2cccc3ccccc23)c1. The van der Waals surface area contributed by atoms with Gasteiger partial charge in [-0.15, -0.1) is 0 Å². The Kier molecular flexibility index (Phi) is 2.97. The lowest BCUT2D eigenvalue weighted by Crippen LogP contribution is -2.04. The van der Waals surface area contributed by atoms with E-state index in [1.54, 1.807) is 6.07 Å². The first-order valence-corrected chi connectivity index (χ1v) is 6.21. The highest BCUT2D eigenvalue weighted by molar-refractivity contribution is 5.96. The predicted molar refractivity (Wildman–Crippen MR) is 74.4 cm³/mol. The molecule has 20 heavy (non-hydrogen) atoms. The molecule has 0 spiro atoms. The topological polar surface area (TPSA) is 0 Å². The Labute approximate surface area is 114 Å². The first-order valence-electron chi connectivity index (χ1n) is 6.21. The van der Waals surface area contributed by atoms with Gasteiger partial charge in [0.05, 0.1) is 5.56 Å². The molecule has 0 fully saturated rings.